The highest BCUT2D eigenvalue weighted by Crippen LogP contribution is 2.35. The van der Waals surface area contributed by atoms with Crippen LogP contribution in [-0.4, -0.2) is 34.6 Å². The monoisotopic (exact) mass is 475 g/mol. The molecule has 0 atom stereocenters. The van der Waals surface area contributed by atoms with Crippen molar-refractivity contribution >= 4 is 34.8 Å². The SMILES string of the molecule is Cc1nn(-c2cc(Nc3c(Cl)c(-c4ccc(F)cc4)nn3C)ncn2)c(C(C)(C)O)c1Cl. The van der Waals surface area contributed by atoms with E-state index in [0.29, 0.717) is 50.1 Å². The molecule has 0 saturated heterocycles. The summed E-state index contributed by atoms with van der Waals surface area (Å²) in [4.78, 5) is 8.52. The highest BCUT2D eigenvalue weighted by atomic mass is 35.5. The lowest BCUT2D eigenvalue weighted by molar-refractivity contribution is 0.0711. The second kappa shape index (κ2) is 8.16. The molecular weight excluding hydrogens is 456 g/mol. The Bertz CT molecular complexity index is 1290. The van der Waals surface area contributed by atoms with Crippen molar-refractivity contribution in [1.29, 1.82) is 0 Å². The van der Waals surface area contributed by atoms with E-state index in [2.05, 4.69) is 25.5 Å². The second-order valence-electron chi connectivity index (χ2n) is 7.75. The van der Waals surface area contributed by atoms with Crippen molar-refractivity contribution in [3.8, 4) is 17.1 Å². The van der Waals surface area contributed by atoms with Gasteiger partial charge in [0.05, 0.1) is 16.4 Å². The van der Waals surface area contributed by atoms with E-state index >= 15 is 0 Å². The molecule has 0 bridgehead atoms. The fraction of sp³-hybridized carbons (Fsp3) is 0.238. The third kappa shape index (κ3) is 4.06. The molecule has 0 radical (unpaired) electrons. The maximum absolute atomic E-state index is 13.3. The molecule has 11 heteroatoms. The standard InChI is InChI=1S/C21H20Cl2FN7O/c1-11-16(22)19(21(2,3)32)31(28-11)15-9-14(25-10-26-15)27-20-17(23)18(29-30(20)4)12-5-7-13(24)8-6-12/h5-10,32H,1-4H3,(H,25,26,27). The van der Waals surface area contributed by atoms with E-state index in [9.17, 15) is 9.50 Å². The Hall–Kier alpha value is -3.01. The van der Waals surface area contributed by atoms with Crippen LogP contribution in [0.3, 0.4) is 0 Å². The van der Waals surface area contributed by atoms with Crippen LogP contribution in [0.4, 0.5) is 16.0 Å². The molecule has 1 aromatic carbocycles. The van der Waals surface area contributed by atoms with Crippen LogP contribution < -0.4 is 5.32 Å². The number of hydrogen-bond donors (Lipinski definition) is 2. The Labute approximate surface area is 193 Å². The van der Waals surface area contributed by atoms with Gasteiger partial charge >= 0.3 is 0 Å². The molecule has 32 heavy (non-hydrogen) atoms. The van der Waals surface area contributed by atoms with Gasteiger partial charge in [0.1, 0.15) is 40.1 Å². The third-order valence-corrected chi connectivity index (χ3v) is 5.60. The zero-order valence-electron chi connectivity index (χ0n) is 17.7. The van der Waals surface area contributed by atoms with Crippen LogP contribution in [0.25, 0.3) is 17.1 Å². The molecule has 8 nitrogen and oxygen atoms in total. The summed E-state index contributed by atoms with van der Waals surface area (Å²) in [6, 6.07) is 7.57. The van der Waals surface area contributed by atoms with Gasteiger partial charge in [0.15, 0.2) is 5.82 Å². The maximum Gasteiger partial charge on any atom is 0.159 e. The molecule has 3 heterocycles. The molecule has 0 aliphatic heterocycles. The zero-order chi connectivity index (χ0) is 23.2. The second-order valence-corrected chi connectivity index (χ2v) is 8.50. The Kier molecular flexibility index (Phi) is 5.66. The van der Waals surface area contributed by atoms with Crippen molar-refractivity contribution in [3.05, 3.63) is 63.9 Å². The average Bonchev–Trinajstić information content (AvgIpc) is 3.19. The minimum Gasteiger partial charge on any atom is -0.384 e. The predicted octanol–water partition coefficient (Wildman–Crippen LogP) is 4.79. The molecule has 0 spiro atoms. The van der Waals surface area contributed by atoms with Crippen molar-refractivity contribution in [1.82, 2.24) is 29.5 Å². The smallest absolute Gasteiger partial charge is 0.159 e. The van der Waals surface area contributed by atoms with Crippen LogP contribution in [0.2, 0.25) is 10.0 Å². The van der Waals surface area contributed by atoms with Crippen molar-refractivity contribution in [3.63, 3.8) is 0 Å². The lowest BCUT2D eigenvalue weighted by Crippen LogP contribution is -2.21. The van der Waals surface area contributed by atoms with Gasteiger partial charge in [-0.2, -0.15) is 10.2 Å². The van der Waals surface area contributed by atoms with Gasteiger partial charge in [0, 0.05) is 18.7 Å². The quantitative estimate of drug-likeness (QED) is 0.430. The summed E-state index contributed by atoms with van der Waals surface area (Å²) in [5.41, 5.74) is 0.922. The van der Waals surface area contributed by atoms with Gasteiger partial charge in [0.2, 0.25) is 0 Å². The Morgan fingerprint density at radius 3 is 2.41 bits per heavy atom. The first kappa shape index (κ1) is 22.2. The van der Waals surface area contributed by atoms with Crippen LogP contribution in [-0.2, 0) is 12.6 Å². The summed E-state index contributed by atoms with van der Waals surface area (Å²) in [5.74, 6) is 0.989. The molecule has 4 aromatic rings. The summed E-state index contributed by atoms with van der Waals surface area (Å²) in [7, 11) is 1.73. The number of anilines is 2. The van der Waals surface area contributed by atoms with Gasteiger partial charge in [-0.05, 0) is 45.0 Å². The normalized spacial score (nSPS) is 11.8. The Morgan fingerprint density at radius 1 is 1.06 bits per heavy atom. The van der Waals surface area contributed by atoms with Crippen LogP contribution in [0.5, 0.6) is 0 Å². The predicted molar refractivity (Wildman–Crippen MR) is 121 cm³/mol. The van der Waals surface area contributed by atoms with E-state index in [1.807, 2.05) is 0 Å². The highest BCUT2D eigenvalue weighted by molar-refractivity contribution is 6.35. The van der Waals surface area contributed by atoms with Crippen molar-refractivity contribution in [2.45, 2.75) is 26.4 Å². The van der Waals surface area contributed by atoms with Gasteiger partial charge in [-0.25, -0.2) is 19.0 Å². The first-order chi connectivity index (χ1) is 15.1. The summed E-state index contributed by atoms with van der Waals surface area (Å²) in [6.45, 7) is 5.00. The van der Waals surface area contributed by atoms with E-state index in [-0.39, 0.29) is 5.82 Å². The van der Waals surface area contributed by atoms with Gasteiger partial charge in [-0.3, -0.25) is 4.68 Å². The number of aliphatic hydroxyl groups is 1. The van der Waals surface area contributed by atoms with Crippen LogP contribution >= 0.6 is 23.2 Å². The number of nitrogens with zero attached hydrogens (tertiary/aromatic N) is 6. The molecular formula is C21H20Cl2FN7O. The van der Waals surface area contributed by atoms with Gasteiger partial charge < -0.3 is 10.4 Å². The lowest BCUT2D eigenvalue weighted by atomic mass is 10.1. The van der Waals surface area contributed by atoms with Crippen molar-refractivity contribution in [2.24, 2.45) is 7.05 Å². The first-order valence-electron chi connectivity index (χ1n) is 9.62. The lowest BCUT2D eigenvalue weighted by Gasteiger charge is -2.19. The minimum atomic E-state index is -1.24. The number of halogens is 3. The number of aryl methyl sites for hydroxylation is 2. The fourth-order valence-electron chi connectivity index (χ4n) is 3.28. The zero-order valence-corrected chi connectivity index (χ0v) is 19.2. The van der Waals surface area contributed by atoms with Crippen LogP contribution in [0.1, 0.15) is 25.2 Å². The number of aromatic nitrogens is 6. The van der Waals surface area contributed by atoms with Crippen molar-refractivity contribution < 1.29 is 9.50 Å². The molecule has 0 aliphatic rings. The summed E-state index contributed by atoms with van der Waals surface area (Å²) < 4.78 is 16.3. The molecule has 2 N–H and O–H groups in total. The molecule has 0 unspecified atom stereocenters. The largest absolute Gasteiger partial charge is 0.384 e. The molecule has 0 amide bonds. The van der Waals surface area contributed by atoms with Gasteiger partial charge in [0.25, 0.3) is 0 Å². The average molecular weight is 476 g/mol. The Morgan fingerprint density at radius 2 is 1.75 bits per heavy atom. The highest BCUT2D eigenvalue weighted by Gasteiger charge is 2.28. The number of benzene rings is 1. The number of rotatable bonds is 5. The summed E-state index contributed by atoms with van der Waals surface area (Å²) >= 11 is 12.9. The Balaban J connectivity index is 1.71. The molecule has 0 fully saturated rings. The molecule has 4 rings (SSSR count). The van der Waals surface area contributed by atoms with Crippen molar-refractivity contribution in [2.75, 3.05) is 5.32 Å². The topological polar surface area (TPSA) is 93.7 Å². The van der Waals surface area contributed by atoms with Crippen LogP contribution in [0.15, 0.2) is 36.7 Å². The summed E-state index contributed by atoms with van der Waals surface area (Å²) in [5, 5.41) is 23.3. The third-order valence-electron chi connectivity index (χ3n) is 4.79. The van der Waals surface area contributed by atoms with Gasteiger partial charge in [-0.1, -0.05) is 23.2 Å². The molecule has 166 valence electrons. The van der Waals surface area contributed by atoms with E-state index in [1.54, 1.807) is 50.7 Å². The number of nitrogens with one attached hydrogen (secondary N) is 1. The molecule has 0 aliphatic carbocycles. The molecule has 0 saturated carbocycles. The van der Waals surface area contributed by atoms with Crippen LogP contribution in [0, 0.1) is 12.7 Å². The van der Waals surface area contributed by atoms with E-state index < -0.39 is 5.60 Å². The maximum atomic E-state index is 13.3. The number of hydrogen-bond acceptors (Lipinski definition) is 6. The first-order valence-corrected chi connectivity index (χ1v) is 10.4. The minimum absolute atomic E-state index is 0.341. The van der Waals surface area contributed by atoms with Gasteiger partial charge in [-0.15, -0.1) is 0 Å². The van der Waals surface area contributed by atoms with E-state index in [1.165, 1.54) is 23.1 Å². The molecule has 3 aromatic heterocycles. The summed E-state index contributed by atoms with van der Waals surface area (Å²) in [6.07, 6.45) is 1.36. The van der Waals surface area contributed by atoms with E-state index in [4.69, 9.17) is 23.2 Å². The van der Waals surface area contributed by atoms with E-state index in [0.717, 1.165) is 0 Å². The fourth-order valence-corrected chi connectivity index (χ4v) is 3.95.